The molecular formula is C22H19ClNO4PS. The zero-order chi connectivity index (χ0) is 22.0. The minimum absolute atomic E-state index is 0.837. The maximum atomic E-state index is 10.1. The minimum Gasteiger partial charge on any atom is -0.222 e. The zero-order valence-corrected chi connectivity index (χ0v) is 18.5. The molecule has 0 bridgehead atoms. The molecule has 5 nitrogen and oxygen atoms in total. The molecule has 0 saturated heterocycles. The maximum absolute atomic E-state index is 10.1. The van der Waals surface area contributed by atoms with Gasteiger partial charge in [-0.05, 0) is 42.7 Å². The lowest BCUT2D eigenvalue weighted by Gasteiger charge is -2.26. The molecule has 154 valence electrons. The summed E-state index contributed by atoms with van der Waals surface area (Å²) in [6, 6.07) is 33.9. The summed E-state index contributed by atoms with van der Waals surface area (Å²) in [6.45, 7) is 0. The summed E-state index contributed by atoms with van der Waals surface area (Å²) in [4.78, 5) is 0. The summed E-state index contributed by atoms with van der Waals surface area (Å²) in [6.07, 6.45) is 2.01. The monoisotopic (exact) mass is 459 g/mol. The highest BCUT2D eigenvalue weighted by molar-refractivity contribution is 8.03. The van der Waals surface area contributed by atoms with Crippen molar-refractivity contribution < 1.29 is 28.9 Å². The van der Waals surface area contributed by atoms with Gasteiger partial charge in [-0.25, -0.2) is 18.6 Å². The molecule has 30 heavy (non-hydrogen) atoms. The Morgan fingerprint density at radius 3 is 1.30 bits per heavy atom. The van der Waals surface area contributed by atoms with Crippen molar-refractivity contribution in [2.75, 3.05) is 6.26 Å². The minimum atomic E-state index is -4.94. The van der Waals surface area contributed by atoms with Gasteiger partial charge in [0, 0.05) is 5.41 Å². The van der Waals surface area contributed by atoms with E-state index in [0.29, 0.717) is 0 Å². The van der Waals surface area contributed by atoms with Gasteiger partial charge in [-0.3, -0.25) is 0 Å². The second-order valence-corrected chi connectivity index (χ2v) is 10.7. The molecule has 0 aliphatic rings. The highest BCUT2D eigenvalue weighted by Crippen LogP contribution is 2.62. The molecule has 8 heteroatoms. The van der Waals surface area contributed by atoms with Crippen molar-refractivity contribution in [3.63, 3.8) is 0 Å². The molecule has 0 atom stereocenters. The predicted molar refractivity (Wildman–Crippen MR) is 112 cm³/mol. The first-order chi connectivity index (χ1) is 14.3. The third-order valence-electron chi connectivity index (χ3n) is 4.14. The molecule has 0 aliphatic carbocycles. The number of halogens is 1. The van der Waals surface area contributed by atoms with E-state index in [1.807, 2.05) is 29.9 Å². The summed E-state index contributed by atoms with van der Waals surface area (Å²) in [7, 11) is -7.15. The summed E-state index contributed by atoms with van der Waals surface area (Å²) in [5.74, 6) is 0. The largest absolute Gasteiger partial charge is 0.222 e. The van der Waals surface area contributed by atoms with Crippen LogP contribution in [0.15, 0.2) is 102 Å². The molecular weight excluding hydrogens is 441 g/mol. The Balaban J connectivity index is 0.000000575. The van der Waals surface area contributed by atoms with Crippen LogP contribution in [-0.2, 0) is 0 Å². The highest BCUT2D eigenvalue weighted by atomic mass is 35.7. The normalized spacial score (nSPS) is 11.8. The Bertz CT molecular complexity index is 888. The number of nitriles is 1. The first-order valence-electron chi connectivity index (χ1n) is 8.65. The van der Waals surface area contributed by atoms with Crippen LogP contribution < -0.4 is 34.5 Å². The first-order valence-corrected chi connectivity index (χ1v) is 13.0. The summed E-state index contributed by atoms with van der Waals surface area (Å²) >= 11 is 1.59. The molecule has 0 aromatic heterocycles. The van der Waals surface area contributed by atoms with E-state index >= 15 is 0 Å². The Kier molecular flexibility index (Phi) is 9.04. The van der Waals surface area contributed by atoms with Crippen LogP contribution >= 0.6 is 19.0 Å². The van der Waals surface area contributed by atoms with E-state index in [4.69, 9.17) is 18.6 Å². The van der Waals surface area contributed by atoms with Crippen molar-refractivity contribution in [2.45, 2.75) is 0 Å². The molecule has 0 N–H and O–H groups in total. The van der Waals surface area contributed by atoms with Gasteiger partial charge in [-0.15, -0.1) is 22.0 Å². The molecule has 0 saturated carbocycles. The van der Waals surface area contributed by atoms with Gasteiger partial charge < -0.3 is 0 Å². The molecule has 0 fully saturated rings. The lowest BCUT2D eigenvalue weighted by Crippen LogP contribution is -2.68. The summed E-state index contributed by atoms with van der Waals surface area (Å²) < 4.78 is 34.0. The second-order valence-electron chi connectivity index (χ2n) is 5.91. The van der Waals surface area contributed by atoms with Gasteiger partial charge in [0.05, 0.1) is 0 Å². The fourth-order valence-corrected chi connectivity index (χ4v) is 8.07. The molecule has 3 rings (SSSR count). The van der Waals surface area contributed by atoms with Gasteiger partial charge in [0.25, 0.3) is 0 Å². The Morgan fingerprint density at radius 1 is 0.767 bits per heavy atom. The molecule has 0 aliphatic heterocycles. The van der Waals surface area contributed by atoms with Crippen molar-refractivity contribution in [1.29, 1.82) is 5.26 Å². The van der Waals surface area contributed by atoms with E-state index in [9.17, 15) is 5.26 Å². The van der Waals surface area contributed by atoms with Crippen LogP contribution in [0.25, 0.3) is 0 Å². The number of benzene rings is 3. The average molecular weight is 460 g/mol. The van der Waals surface area contributed by atoms with Gasteiger partial charge in [0.1, 0.15) is 22.0 Å². The fraction of sp³-hybridized carbons (Fsp3) is 0.0455. The van der Waals surface area contributed by atoms with Gasteiger partial charge >= 0.3 is 0 Å². The third kappa shape index (κ3) is 6.15. The third-order valence-corrected chi connectivity index (χ3v) is 8.95. The van der Waals surface area contributed by atoms with Crippen LogP contribution in [0.3, 0.4) is 0 Å². The predicted octanol–water partition coefficient (Wildman–Crippen LogP) is -0.0475. The van der Waals surface area contributed by atoms with Crippen LogP contribution in [0.2, 0.25) is 0 Å². The van der Waals surface area contributed by atoms with Crippen molar-refractivity contribution >= 4 is 34.9 Å². The van der Waals surface area contributed by atoms with Crippen LogP contribution in [0.4, 0.5) is 0 Å². The Morgan fingerprint density at radius 2 is 1.07 bits per heavy atom. The van der Waals surface area contributed by atoms with Gasteiger partial charge in [-0.2, -0.15) is 5.26 Å². The first kappa shape index (κ1) is 24.1. The van der Waals surface area contributed by atoms with Crippen LogP contribution in [0.1, 0.15) is 0 Å². The van der Waals surface area contributed by atoms with E-state index in [0.717, 1.165) is 5.31 Å². The zero-order valence-electron chi connectivity index (χ0n) is 16.1. The SMILES string of the molecule is CS/C=C(\C#N)[P+](c1ccccc1)(c1ccccc1)c1ccccc1.[O-][Cl+3]([O-])([O-])[O-]. The number of rotatable bonds is 5. The Hall–Kier alpha value is -2.20. The lowest BCUT2D eigenvalue weighted by molar-refractivity contribution is -2.00. The van der Waals surface area contributed by atoms with E-state index in [1.165, 1.54) is 15.9 Å². The standard InChI is InChI=1S/C22H19NPS.ClHO4/c1-25-18-22(17-23)24(19-11-5-2-6-12-19,20-13-7-3-8-14-20)21-15-9-4-10-16-21;2-1(3,4)5/h2-16,18H,1H3;(H,2,3,4,5)/q+1;/p-1/b22-18+;. The van der Waals surface area contributed by atoms with Gasteiger partial charge in [0.15, 0.2) is 12.6 Å². The van der Waals surface area contributed by atoms with E-state index in [-0.39, 0.29) is 0 Å². The molecule has 0 unspecified atom stereocenters. The van der Waals surface area contributed by atoms with Crippen LogP contribution in [0, 0.1) is 21.6 Å². The number of allylic oxidation sites excluding steroid dienone is 1. The molecule has 3 aromatic carbocycles. The van der Waals surface area contributed by atoms with Gasteiger partial charge in [0.2, 0.25) is 0 Å². The van der Waals surface area contributed by atoms with Gasteiger partial charge in [-0.1, -0.05) is 54.6 Å². The van der Waals surface area contributed by atoms with E-state index in [1.54, 1.807) is 11.8 Å². The summed E-state index contributed by atoms with van der Waals surface area (Å²) in [5, 5.41) is 16.5. The lowest BCUT2D eigenvalue weighted by atomic mass is 10.4. The van der Waals surface area contributed by atoms with Crippen LogP contribution in [-0.4, -0.2) is 6.26 Å². The Labute approximate surface area is 183 Å². The van der Waals surface area contributed by atoms with E-state index in [2.05, 4.69) is 78.9 Å². The number of hydrogen-bond donors (Lipinski definition) is 0. The average Bonchev–Trinajstić information content (AvgIpc) is 2.75. The molecule has 0 heterocycles. The van der Waals surface area contributed by atoms with E-state index < -0.39 is 17.5 Å². The van der Waals surface area contributed by atoms with Crippen molar-refractivity contribution in [3.05, 3.63) is 102 Å². The number of thioether (sulfide) groups is 1. The number of hydrogen-bond acceptors (Lipinski definition) is 6. The maximum Gasteiger partial charge on any atom is 0.191 e. The second kappa shape index (κ2) is 11.3. The van der Waals surface area contributed by atoms with Crippen LogP contribution in [0.5, 0.6) is 0 Å². The topological polar surface area (TPSA) is 116 Å². The fourth-order valence-electron chi connectivity index (χ4n) is 3.11. The molecule has 0 spiro atoms. The van der Waals surface area contributed by atoms with Crippen molar-refractivity contribution in [1.82, 2.24) is 0 Å². The summed E-state index contributed by atoms with van der Waals surface area (Å²) in [5.41, 5.74) is 0. The molecule has 3 aromatic rings. The highest BCUT2D eigenvalue weighted by Gasteiger charge is 2.49. The van der Waals surface area contributed by atoms with Crippen molar-refractivity contribution in [3.8, 4) is 6.07 Å². The van der Waals surface area contributed by atoms with Crippen molar-refractivity contribution in [2.24, 2.45) is 0 Å². The smallest absolute Gasteiger partial charge is 0.191 e. The molecule has 0 radical (unpaired) electrons. The molecule has 0 amide bonds. The quantitative estimate of drug-likeness (QED) is 0.390. The number of nitrogens with zero attached hydrogens (tertiary/aromatic N) is 1.